The topological polar surface area (TPSA) is 151 Å². The van der Waals surface area contributed by atoms with Gasteiger partial charge >= 0.3 is 60.8 Å². The van der Waals surface area contributed by atoms with Gasteiger partial charge in [0.05, 0.1) is 13.2 Å². The van der Waals surface area contributed by atoms with Crippen LogP contribution in [-0.2, 0) is 51.3 Å². The molecule has 0 N–H and O–H groups in total. The smallest absolute Gasteiger partial charge is 0.550 e. The molecule has 11 heteroatoms. The molecule has 0 aliphatic carbocycles. The van der Waals surface area contributed by atoms with Crippen LogP contribution in [0, 0.1) is 0 Å². The van der Waals surface area contributed by atoms with Gasteiger partial charge in [-0.3, -0.25) is 9.59 Å². The van der Waals surface area contributed by atoms with Crippen LogP contribution in [-0.4, -0.2) is 98.2 Å². The van der Waals surface area contributed by atoms with Crippen molar-refractivity contribution in [3.8, 4) is 0 Å². The summed E-state index contributed by atoms with van der Waals surface area (Å²) in [6.45, 7) is 5.95. The third-order valence-corrected chi connectivity index (χ3v) is 11.3. The van der Waals surface area contributed by atoms with E-state index in [0.717, 1.165) is 64.6 Å². The minimum absolute atomic E-state index is 0. The molecule has 0 aliphatic heterocycles. The summed E-state index contributed by atoms with van der Waals surface area (Å²) in [6, 6.07) is 20.6. The average Bonchev–Trinajstić information content (AvgIpc) is 3.26. The first-order chi connectivity index (χ1) is 31.2. The molecule has 0 bridgehead atoms. The van der Waals surface area contributed by atoms with Crippen molar-refractivity contribution in [1.29, 1.82) is 0 Å². The van der Waals surface area contributed by atoms with E-state index in [1.165, 1.54) is 128 Å². The van der Waals surface area contributed by atoms with E-state index in [0.29, 0.717) is 38.9 Å². The molecular formula is C54H86BaO10. The van der Waals surface area contributed by atoms with Gasteiger partial charge in [-0.2, -0.15) is 0 Å². The number of benzene rings is 2. The summed E-state index contributed by atoms with van der Waals surface area (Å²) in [6.07, 6.45) is 30.7. The summed E-state index contributed by atoms with van der Waals surface area (Å²) in [5.74, 6) is -2.66. The molecule has 0 aromatic heterocycles. The number of hydrogen-bond acceptors (Lipinski definition) is 10. The van der Waals surface area contributed by atoms with Crippen LogP contribution in [0.4, 0.5) is 0 Å². The maximum absolute atomic E-state index is 11.2. The van der Waals surface area contributed by atoms with E-state index in [9.17, 15) is 29.4 Å². The number of carboxylic acids is 2. The van der Waals surface area contributed by atoms with Gasteiger partial charge in [0, 0.05) is 39.0 Å². The van der Waals surface area contributed by atoms with Crippen molar-refractivity contribution in [2.24, 2.45) is 0 Å². The van der Waals surface area contributed by atoms with Gasteiger partial charge in [-0.05, 0) is 88.2 Å². The van der Waals surface area contributed by atoms with E-state index in [2.05, 4.69) is 24.3 Å². The van der Waals surface area contributed by atoms with E-state index in [-0.39, 0.29) is 85.9 Å². The van der Waals surface area contributed by atoms with E-state index in [1.54, 1.807) is 0 Å². The zero-order valence-corrected chi connectivity index (χ0v) is 45.2. The second kappa shape index (κ2) is 46.9. The zero-order valence-electron chi connectivity index (χ0n) is 40.8. The molecule has 0 saturated carbocycles. The number of aliphatic carboxylic acids is 2. The van der Waals surface area contributed by atoms with E-state index < -0.39 is 11.9 Å². The normalized spacial score (nSPS) is 11.7. The molecule has 0 heterocycles. The molecule has 2 rings (SSSR count). The predicted octanol–water partition coefficient (Wildman–Crippen LogP) is 11.1. The minimum Gasteiger partial charge on any atom is -0.550 e. The van der Waals surface area contributed by atoms with Crippen LogP contribution in [0.5, 0.6) is 0 Å². The van der Waals surface area contributed by atoms with Gasteiger partial charge in [0.2, 0.25) is 0 Å². The number of hydrogen-bond donors (Lipinski definition) is 0. The Morgan fingerprint density at radius 1 is 0.400 bits per heavy atom. The molecule has 0 amide bonds. The fraction of sp³-hybridized carbons (Fsp3) is 0.704. The van der Waals surface area contributed by atoms with Crippen LogP contribution >= 0.6 is 0 Å². The Balaban J connectivity index is 0.00000124. The van der Waals surface area contributed by atoms with Crippen molar-refractivity contribution >= 4 is 72.8 Å². The molecule has 2 unspecified atom stereocenters. The second-order valence-electron chi connectivity index (χ2n) is 17.4. The molecule has 0 radical (unpaired) electrons. The van der Waals surface area contributed by atoms with Crippen molar-refractivity contribution in [2.75, 3.05) is 13.2 Å². The SMILES string of the molecule is CC(=O)OC(CCCCCCCCCCCCCOCc1ccccc1)CCCC(=O)[O-].CC(=O)OC(CCCCCCCCCCCCCOCc1ccccc1)CCCC(=O)[O-].[Ba+2]. The van der Waals surface area contributed by atoms with Gasteiger partial charge < -0.3 is 38.7 Å². The van der Waals surface area contributed by atoms with Crippen molar-refractivity contribution in [2.45, 2.75) is 232 Å². The monoisotopic (exact) mass is 1030 g/mol. The van der Waals surface area contributed by atoms with E-state index >= 15 is 0 Å². The molecule has 2 atom stereocenters. The predicted molar refractivity (Wildman–Crippen MR) is 258 cm³/mol. The molecule has 2 aromatic carbocycles. The summed E-state index contributed by atoms with van der Waals surface area (Å²) < 4.78 is 22.1. The van der Waals surface area contributed by atoms with Crippen LogP contribution < -0.4 is 10.2 Å². The molecular weight excluding hydrogens is 946 g/mol. The van der Waals surface area contributed by atoms with Gasteiger partial charge in [-0.25, -0.2) is 0 Å². The number of carbonyl (C=O) groups excluding carboxylic acids is 4. The fourth-order valence-corrected chi connectivity index (χ4v) is 7.80. The van der Waals surface area contributed by atoms with Gasteiger partial charge in [0.15, 0.2) is 0 Å². The third kappa shape index (κ3) is 45.4. The Kier molecular flexibility index (Phi) is 45.3. The number of ether oxygens (including phenoxy) is 4. The molecule has 10 nitrogen and oxygen atoms in total. The molecule has 65 heavy (non-hydrogen) atoms. The molecule has 0 aliphatic rings. The first kappa shape index (κ1) is 62.8. The van der Waals surface area contributed by atoms with Crippen LogP contribution in [0.15, 0.2) is 60.7 Å². The number of esters is 2. The summed E-state index contributed by atoms with van der Waals surface area (Å²) in [4.78, 5) is 43.4. The number of rotatable bonds is 42. The van der Waals surface area contributed by atoms with Gasteiger partial charge in [-0.15, -0.1) is 0 Å². The first-order valence-electron chi connectivity index (χ1n) is 25.1. The number of unbranched alkanes of at least 4 members (excludes halogenated alkanes) is 20. The van der Waals surface area contributed by atoms with Crippen molar-refractivity contribution in [3.63, 3.8) is 0 Å². The standard InChI is InChI=1S/2C27H44O5.Ba/c2*1-24(28)32-26(20-16-21-27(29)30)19-14-9-7-5-3-2-4-6-8-10-15-22-31-23-25-17-12-11-13-18-25;/h2*11-13,17-18,26H,2-10,14-16,19-23H2,1H3,(H,29,30);/q;;+2/p-2. The minimum atomic E-state index is -1.04. The Morgan fingerprint density at radius 2 is 0.662 bits per heavy atom. The van der Waals surface area contributed by atoms with Gasteiger partial charge in [-0.1, -0.05) is 176 Å². The largest absolute Gasteiger partial charge is 2.00 e. The van der Waals surface area contributed by atoms with E-state index in [1.807, 2.05) is 36.4 Å². The molecule has 0 fully saturated rings. The third-order valence-electron chi connectivity index (χ3n) is 11.3. The quantitative estimate of drug-likeness (QED) is 0.0357. The average molecular weight is 1030 g/mol. The summed E-state index contributed by atoms with van der Waals surface area (Å²) in [5.41, 5.74) is 2.48. The maximum atomic E-state index is 11.2. The van der Waals surface area contributed by atoms with Gasteiger partial charge in [0.25, 0.3) is 0 Å². The van der Waals surface area contributed by atoms with Crippen molar-refractivity contribution < 1.29 is 48.3 Å². The Hall–Kier alpha value is -2.19. The number of carbonyl (C=O) groups is 4. The van der Waals surface area contributed by atoms with Crippen LogP contribution in [0.3, 0.4) is 0 Å². The van der Waals surface area contributed by atoms with E-state index in [4.69, 9.17) is 18.9 Å². The zero-order chi connectivity index (χ0) is 46.6. The first-order valence-corrected chi connectivity index (χ1v) is 25.1. The van der Waals surface area contributed by atoms with Crippen molar-refractivity contribution in [3.05, 3.63) is 71.8 Å². The molecule has 364 valence electrons. The van der Waals surface area contributed by atoms with Crippen LogP contribution in [0.2, 0.25) is 0 Å². The molecule has 2 aromatic rings. The molecule has 0 saturated heterocycles. The Morgan fingerprint density at radius 3 is 0.938 bits per heavy atom. The Labute approximate surface area is 434 Å². The fourth-order valence-electron chi connectivity index (χ4n) is 7.80. The summed E-state index contributed by atoms with van der Waals surface area (Å²) >= 11 is 0. The summed E-state index contributed by atoms with van der Waals surface area (Å²) in [7, 11) is 0. The Bertz CT molecular complexity index is 1290. The number of carboxylic acid groups (broad SMARTS) is 2. The second-order valence-corrected chi connectivity index (χ2v) is 17.4. The van der Waals surface area contributed by atoms with Crippen LogP contribution in [0.1, 0.15) is 218 Å². The maximum Gasteiger partial charge on any atom is 2.00 e. The van der Waals surface area contributed by atoms with Crippen LogP contribution in [0.25, 0.3) is 0 Å². The molecule has 0 spiro atoms. The van der Waals surface area contributed by atoms with Gasteiger partial charge in [0.1, 0.15) is 12.2 Å². The van der Waals surface area contributed by atoms with Crippen molar-refractivity contribution in [1.82, 2.24) is 0 Å². The summed E-state index contributed by atoms with van der Waals surface area (Å²) in [5, 5.41) is 21.0.